The van der Waals surface area contributed by atoms with E-state index < -0.39 is 59.8 Å². The fraction of sp³-hybridized carbons (Fsp3) is 0.494. The molecule has 0 saturated carbocycles. The van der Waals surface area contributed by atoms with Crippen molar-refractivity contribution in [2.45, 2.75) is 192 Å². The Morgan fingerprint density at radius 3 is 1.10 bits per heavy atom. The van der Waals surface area contributed by atoms with Gasteiger partial charge in [0.05, 0.1) is 19.3 Å². The number of esters is 2. The van der Waals surface area contributed by atoms with Crippen LogP contribution in [0.2, 0.25) is 0 Å². The Morgan fingerprint density at radius 2 is 0.760 bits per heavy atom. The van der Waals surface area contributed by atoms with Crippen LogP contribution in [0.25, 0.3) is 0 Å². The van der Waals surface area contributed by atoms with Gasteiger partial charge in [-0.3, -0.25) is 116 Å². The SMILES string of the molecule is CN1C(=O)CCC(N2Cc3c(N)cccc3C2=O)C1=O.COCCCCC(=O)CCC(=O)O.COCCCN.COCCCNC(=O)CCC(=O)Nc1cccc2c1CN(C1CCC(=O)N(C)C1=O)C2=O.COCCCNC(=O)CCC(=O)Nc1cccc2c1CN(C1CCC(=O)NC1=O)C2=O.Cl.Nc1cccc2c1CN(C1CCC(=O)NC1=O)C2=O.O=C1CCC(=O)O1. The zero-order valence-electron chi connectivity index (χ0n) is 73.0. The van der Waals surface area contributed by atoms with Gasteiger partial charge < -0.3 is 86.9 Å². The zero-order valence-corrected chi connectivity index (χ0v) is 73.9. The fourth-order valence-corrected chi connectivity index (χ4v) is 14.6. The van der Waals surface area contributed by atoms with Gasteiger partial charge in [-0.05, 0) is 113 Å². The number of Topliss-reactive ketones (excluding diaryl/α,β-unsaturated/α-hetero) is 1. The number of likely N-dealkylation sites (N-methyl/N-ethyl adjacent to an activating group) is 2. The lowest BCUT2D eigenvalue weighted by atomic mass is 10.0. The van der Waals surface area contributed by atoms with Gasteiger partial charge in [-0.1, -0.05) is 24.3 Å². The summed E-state index contributed by atoms with van der Waals surface area (Å²) < 4.78 is 23.4. The number of fused-ring (bicyclic) bond motifs is 4. The Morgan fingerprint density at radius 1 is 0.419 bits per heavy atom. The summed E-state index contributed by atoms with van der Waals surface area (Å²) >= 11 is 0. The molecule has 700 valence electrons. The molecule has 4 aromatic carbocycles. The predicted octanol–water partition coefficient (Wildman–Crippen LogP) is 2.87. The number of anilines is 4. The number of carbonyl (C=O) groups excluding carboxylic acids is 19. The van der Waals surface area contributed by atoms with Gasteiger partial charge in [0.15, 0.2) is 0 Å². The molecular weight excluding hydrogens is 1710 g/mol. The standard InChI is InChI=1S/C22H28N4O6.C21H26N4O6.C14H15N3O3.C13H13N3O3.C9H16O4.C4H11NO.C4H4O3.ClH/c1-25-20(29)10-7-17(22(25)31)26-13-15-14(21(26)30)5-3-6-16(15)24-19(28)9-8-18(27)23-11-4-12-32-2;1-31-11-3-10-22-17(26)8-9-18(27)23-15-5-2-4-13-14(15)12-25(21(13)30)16-6-7-19(28)24-20(16)29;1-16-12(18)6-5-11(14(16)20)17-7-9-8(13(17)19)3-2-4-10(9)15;14-9-3-1-2-7-8(9)6-16(13(7)19)10-4-5-11(17)15-12(10)18;1-13-7-3-2-4-8(10)5-6-9(11)12;1-6-4-2-3-5;5-3-1-2-4(6)7-3;/h3,5-6,17H,4,7-13H2,1-2H3,(H,23,27)(H,24,28);2,4-5,16H,3,6-12H2,1H3,(H,22,26)(H,23,27)(H,24,28,29);2-4,11H,5-7,15H2,1H3;1-3,10H,4-6,14H2,(H,15,17,18);2-7H2,1H3,(H,11,12);2-5H2,1H3;1-2H2;1H. The van der Waals surface area contributed by atoms with E-state index in [1.807, 2.05) is 0 Å². The smallest absolute Gasteiger partial charge is 0.314 e. The maximum Gasteiger partial charge on any atom is 0.314 e. The Labute approximate surface area is 750 Å². The molecule has 0 bridgehead atoms. The average Bonchev–Trinajstić information content (AvgIpc) is 1.65. The molecule has 0 aliphatic carbocycles. The van der Waals surface area contributed by atoms with Crippen molar-refractivity contribution in [1.82, 2.24) is 50.7 Å². The molecular formula is C87H114ClN15O26. The zero-order chi connectivity index (χ0) is 93.8. The largest absolute Gasteiger partial charge is 0.481 e. The summed E-state index contributed by atoms with van der Waals surface area (Å²) in [5.74, 6) is -6.49. The quantitative estimate of drug-likeness (QED) is 0.0114. The summed E-state index contributed by atoms with van der Waals surface area (Å²) in [5, 5.41) is 23.8. The van der Waals surface area contributed by atoms with Crippen molar-refractivity contribution >= 4 is 153 Å². The number of carbonyl (C=O) groups is 20. The molecule has 0 spiro atoms. The van der Waals surface area contributed by atoms with Crippen molar-refractivity contribution in [3.8, 4) is 0 Å². The van der Waals surface area contributed by atoms with E-state index in [0.717, 1.165) is 53.3 Å². The number of carboxylic acid groups (broad SMARTS) is 1. The molecule has 0 aromatic heterocycles. The first-order valence-corrected chi connectivity index (χ1v) is 41.9. The molecule has 13 N–H and O–H groups in total. The highest BCUT2D eigenvalue weighted by Gasteiger charge is 2.46. The second kappa shape index (κ2) is 52.5. The second-order valence-electron chi connectivity index (χ2n) is 30.6. The lowest BCUT2D eigenvalue weighted by Crippen LogP contribution is -2.53. The molecule has 5 saturated heterocycles. The van der Waals surface area contributed by atoms with Crippen LogP contribution in [0.3, 0.4) is 0 Å². The number of imide groups is 4. The molecule has 4 atom stereocenters. The molecule has 9 heterocycles. The van der Waals surface area contributed by atoms with Gasteiger partial charge in [0.2, 0.25) is 59.1 Å². The van der Waals surface area contributed by atoms with Gasteiger partial charge >= 0.3 is 17.9 Å². The number of nitrogens with zero attached hydrogens (tertiary/aromatic N) is 6. The number of hydrogen-bond acceptors (Lipinski definition) is 28. The first-order valence-electron chi connectivity index (χ1n) is 41.9. The van der Waals surface area contributed by atoms with Gasteiger partial charge in [0, 0.05) is 240 Å². The molecule has 4 unspecified atom stereocenters. The lowest BCUT2D eigenvalue weighted by molar-refractivity contribution is -0.153. The normalized spacial score (nSPS) is 18.1. The number of nitrogen functional groups attached to an aromatic ring is 2. The summed E-state index contributed by atoms with van der Waals surface area (Å²) in [7, 11) is 9.35. The van der Waals surface area contributed by atoms with Crippen molar-refractivity contribution in [1.29, 1.82) is 0 Å². The van der Waals surface area contributed by atoms with Crippen LogP contribution in [0.15, 0.2) is 72.8 Å². The number of methoxy groups -OCH3 is 4. The van der Waals surface area contributed by atoms with E-state index in [1.54, 1.807) is 101 Å². The number of nitrogens with two attached hydrogens (primary N) is 3. The molecule has 0 radical (unpaired) electrons. The van der Waals surface area contributed by atoms with Gasteiger partial charge in [0.25, 0.3) is 35.4 Å². The Balaban J connectivity index is 0.000000245. The van der Waals surface area contributed by atoms with Crippen LogP contribution in [-0.4, -0.2) is 265 Å². The van der Waals surface area contributed by atoms with Crippen LogP contribution in [0, 0.1) is 0 Å². The van der Waals surface area contributed by atoms with Crippen molar-refractivity contribution in [2.24, 2.45) is 5.73 Å². The number of rotatable bonds is 31. The molecule has 16 amide bonds. The number of piperidine rings is 4. The number of halogens is 1. The molecule has 9 aliphatic heterocycles. The number of cyclic esters (lactones) is 2. The lowest BCUT2D eigenvalue weighted by Gasteiger charge is -2.33. The van der Waals surface area contributed by atoms with Crippen LogP contribution in [0.4, 0.5) is 22.7 Å². The van der Waals surface area contributed by atoms with Crippen molar-refractivity contribution in [3.63, 3.8) is 0 Å². The molecule has 129 heavy (non-hydrogen) atoms. The number of ketones is 1. The number of carboxylic acids is 1. The topological polar surface area (TPSA) is 577 Å². The van der Waals surface area contributed by atoms with E-state index in [4.69, 9.17) is 41.3 Å². The second-order valence-corrected chi connectivity index (χ2v) is 30.6. The Kier molecular flexibility index (Phi) is 42.7. The van der Waals surface area contributed by atoms with Gasteiger partial charge in [-0.25, -0.2) is 0 Å². The van der Waals surface area contributed by atoms with Crippen molar-refractivity contribution < 1.29 is 125 Å². The summed E-state index contributed by atoms with van der Waals surface area (Å²) in [6, 6.07) is 17.8. The van der Waals surface area contributed by atoms with Crippen LogP contribution in [0.5, 0.6) is 0 Å². The van der Waals surface area contributed by atoms with Crippen molar-refractivity contribution in [3.05, 3.63) is 117 Å². The van der Waals surface area contributed by atoms with E-state index in [0.29, 0.717) is 134 Å². The van der Waals surface area contributed by atoms with Crippen LogP contribution in [0.1, 0.15) is 205 Å². The van der Waals surface area contributed by atoms with E-state index in [2.05, 4.69) is 36.6 Å². The maximum absolute atomic E-state index is 12.9. The number of unbranched alkanes of at least 4 members (excludes halogenated alkanes) is 1. The fourth-order valence-electron chi connectivity index (χ4n) is 14.6. The van der Waals surface area contributed by atoms with E-state index in [9.17, 15) is 95.9 Å². The third-order valence-electron chi connectivity index (χ3n) is 21.6. The number of ether oxygens (including phenoxy) is 5. The van der Waals surface area contributed by atoms with Crippen LogP contribution < -0.4 is 49.1 Å². The summed E-state index contributed by atoms with van der Waals surface area (Å²) in [5.41, 5.74) is 23.7. The monoisotopic (exact) mass is 1820 g/mol. The van der Waals surface area contributed by atoms with Crippen LogP contribution >= 0.6 is 12.4 Å². The highest BCUT2D eigenvalue weighted by molar-refractivity contribution is 6.11. The molecule has 4 aromatic rings. The summed E-state index contributed by atoms with van der Waals surface area (Å²) in [6.45, 7) is 5.24. The maximum atomic E-state index is 12.9. The minimum Gasteiger partial charge on any atom is -0.481 e. The number of aliphatic carboxylic acids is 1. The molecule has 5 fully saturated rings. The number of likely N-dealkylation sites (tertiary alicyclic amines) is 2. The van der Waals surface area contributed by atoms with E-state index in [1.165, 1.54) is 33.7 Å². The third-order valence-corrected chi connectivity index (χ3v) is 21.6. The first kappa shape index (κ1) is 105. The van der Waals surface area contributed by atoms with Gasteiger partial charge in [-0.2, -0.15) is 0 Å². The molecule has 9 aliphatic rings. The van der Waals surface area contributed by atoms with Crippen molar-refractivity contribution in [2.75, 3.05) is 111 Å². The van der Waals surface area contributed by atoms with E-state index in [-0.39, 0.29) is 198 Å². The number of amides is 16. The summed E-state index contributed by atoms with van der Waals surface area (Å²) in [4.78, 5) is 242. The third kappa shape index (κ3) is 30.4. The highest BCUT2D eigenvalue weighted by Crippen LogP contribution is 2.37. The molecule has 41 nitrogen and oxygen atoms in total. The molecule has 13 rings (SSSR count). The minimum absolute atomic E-state index is 0. The Hall–Kier alpha value is -12.8. The summed E-state index contributed by atoms with van der Waals surface area (Å²) in [6.07, 6.45) is 7.41. The minimum atomic E-state index is -0.912. The average molecular weight is 1820 g/mol. The van der Waals surface area contributed by atoms with Crippen LogP contribution in [-0.2, 0) is 127 Å². The number of nitrogens with one attached hydrogen (secondary N) is 6. The first-order chi connectivity index (χ1) is 61.2. The van der Waals surface area contributed by atoms with E-state index >= 15 is 0 Å². The van der Waals surface area contributed by atoms with Gasteiger partial charge in [0.1, 0.15) is 30.0 Å². The number of hydrogen-bond donors (Lipinski definition) is 10. The molecule has 42 heteroatoms. The highest BCUT2D eigenvalue weighted by atomic mass is 35.5. The Bertz CT molecular complexity index is 4800. The number of benzene rings is 4. The predicted molar refractivity (Wildman–Crippen MR) is 463 cm³/mol. The van der Waals surface area contributed by atoms with Gasteiger partial charge in [-0.15, -0.1) is 12.4 Å².